The summed E-state index contributed by atoms with van der Waals surface area (Å²) in [6.45, 7) is -1.79. The van der Waals surface area contributed by atoms with Crippen LogP contribution in [0.2, 0.25) is 0 Å². The smallest absolute Gasteiger partial charge is 0.0679 e. The molecule has 0 bridgehead atoms. The minimum Gasteiger partial charge on any atom is -0.326 e. The average Bonchev–Trinajstić information content (AvgIpc) is 2.59. The Kier molecular flexibility index (Phi) is 1.00. The summed E-state index contributed by atoms with van der Waals surface area (Å²) >= 11 is 0. The lowest BCUT2D eigenvalue weighted by molar-refractivity contribution is 0.797. The third-order valence-electron chi connectivity index (χ3n) is 1.87. The molecule has 1 aromatic carbocycles. The number of benzene rings is 1. The van der Waals surface area contributed by atoms with E-state index in [-0.39, 0.29) is 0 Å². The minimum absolute atomic E-state index is 0.439. The largest absolute Gasteiger partial charge is 0.326 e. The quantitative estimate of drug-likeness (QED) is 0.684. The molecule has 0 aliphatic rings. The van der Waals surface area contributed by atoms with Crippen molar-refractivity contribution >= 4 is 10.9 Å². The Labute approximate surface area is 75.0 Å². The van der Waals surface area contributed by atoms with Crippen LogP contribution in [-0.2, 0) is 13.5 Å². The molecular weight excluding hydrogens is 150 g/mol. The van der Waals surface area contributed by atoms with Crippen LogP contribution in [0.1, 0.15) is 9.68 Å². The highest BCUT2D eigenvalue weighted by Gasteiger charge is 1.98. The maximum absolute atomic E-state index is 7.28. The summed E-state index contributed by atoms with van der Waals surface area (Å²) in [5, 5.41) is 4.66. The van der Waals surface area contributed by atoms with Crippen LogP contribution in [0, 0.1) is 0 Å². The van der Waals surface area contributed by atoms with Crippen molar-refractivity contribution in [3.8, 4) is 0 Å². The minimum atomic E-state index is -2.23. The molecule has 0 aliphatic carbocycles. The summed E-state index contributed by atoms with van der Waals surface area (Å²) in [5.41, 5.74) is 7.06. The third-order valence-corrected chi connectivity index (χ3v) is 1.87. The Morgan fingerprint density at radius 3 is 3.33 bits per heavy atom. The molecule has 0 amide bonds. The van der Waals surface area contributed by atoms with Gasteiger partial charge in [-0.05, 0) is 17.7 Å². The first-order chi connectivity index (χ1) is 7.02. The van der Waals surface area contributed by atoms with Gasteiger partial charge in [-0.2, -0.15) is 5.10 Å². The zero-order valence-electron chi connectivity index (χ0n) is 9.49. The van der Waals surface area contributed by atoms with E-state index in [1.165, 1.54) is 0 Å². The van der Waals surface area contributed by atoms with Gasteiger partial charge in [-0.3, -0.25) is 4.68 Å². The molecule has 2 N–H and O–H groups in total. The number of nitrogens with zero attached hydrogens (tertiary/aromatic N) is 2. The first-order valence-electron chi connectivity index (χ1n) is 5.19. The Hall–Kier alpha value is -1.35. The number of nitrogens with two attached hydrogens (primary N) is 1. The van der Waals surface area contributed by atoms with E-state index in [4.69, 9.17) is 9.85 Å². The number of fused-ring (bicyclic) bond motifs is 1. The Bertz CT molecular complexity index is 487. The van der Waals surface area contributed by atoms with Crippen LogP contribution in [-0.4, -0.2) is 9.78 Å². The number of aromatic nitrogens is 2. The van der Waals surface area contributed by atoms with Gasteiger partial charge in [0, 0.05) is 23.0 Å². The number of rotatable bonds is 1. The van der Waals surface area contributed by atoms with E-state index < -0.39 is 6.98 Å². The topological polar surface area (TPSA) is 43.8 Å². The van der Waals surface area contributed by atoms with Gasteiger partial charge in [0.1, 0.15) is 0 Å². The molecule has 0 unspecified atom stereocenters. The van der Waals surface area contributed by atoms with Crippen molar-refractivity contribution < 1.29 is 4.11 Å². The van der Waals surface area contributed by atoms with Crippen LogP contribution in [0.25, 0.3) is 10.9 Å². The lowest BCUT2D eigenvalue weighted by Crippen LogP contribution is -1.95. The molecule has 0 fully saturated rings. The number of hydrogen-bond donors (Lipinski definition) is 1. The van der Waals surface area contributed by atoms with Gasteiger partial charge >= 0.3 is 0 Å². The Morgan fingerprint density at radius 1 is 1.67 bits per heavy atom. The zero-order chi connectivity index (χ0) is 11.1. The zero-order valence-corrected chi connectivity index (χ0v) is 6.49. The van der Waals surface area contributed by atoms with Gasteiger partial charge in [0.05, 0.1) is 11.7 Å². The fourth-order valence-corrected chi connectivity index (χ4v) is 1.21. The van der Waals surface area contributed by atoms with E-state index in [0.717, 1.165) is 15.6 Å². The van der Waals surface area contributed by atoms with Gasteiger partial charge < -0.3 is 5.73 Å². The van der Waals surface area contributed by atoms with Crippen LogP contribution in [0.5, 0.6) is 0 Å². The van der Waals surface area contributed by atoms with E-state index in [1.807, 2.05) is 12.1 Å². The fourth-order valence-electron chi connectivity index (χ4n) is 1.21. The monoisotopic (exact) mass is 164 g/mol. The van der Waals surface area contributed by atoms with E-state index >= 15 is 0 Å². The summed E-state index contributed by atoms with van der Waals surface area (Å²) in [5.74, 6) is 0. The lowest BCUT2D eigenvalue weighted by Gasteiger charge is -1.96. The van der Waals surface area contributed by atoms with Crippen LogP contribution in [0.15, 0.2) is 24.4 Å². The van der Waals surface area contributed by atoms with Crippen LogP contribution >= 0.6 is 0 Å². The molecule has 2 aromatic rings. The SMILES string of the molecule is [2H]C([2H])([2H])n1ncc2cc(CN)ccc21. The molecule has 0 saturated heterocycles. The second-order valence-electron chi connectivity index (χ2n) is 2.65. The van der Waals surface area contributed by atoms with Crippen molar-refractivity contribution in [2.75, 3.05) is 0 Å². The Morgan fingerprint density at radius 2 is 2.58 bits per heavy atom. The maximum Gasteiger partial charge on any atom is 0.0679 e. The number of hydrogen-bond acceptors (Lipinski definition) is 2. The summed E-state index contributed by atoms with van der Waals surface area (Å²) in [6.07, 6.45) is 1.54. The van der Waals surface area contributed by atoms with Crippen molar-refractivity contribution in [3.05, 3.63) is 30.0 Å². The first-order valence-corrected chi connectivity index (χ1v) is 3.69. The standard InChI is InChI=1S/C9H11N3/c1-12-9-3-2-7(5-10)4-8(9)6-11-12/h2-4,6H,5,10H2,1H3/i1D3. The molecule has 12 heavy (non-hydrogen) atoms. The van der Waals surface area contributed by atoms with E-state index in [1.54, 1.807) is 12.3 Å². The van der Waals surface area contributed by atoms with Crippen molar-refractivity contribution in [3.63, 3.8) is 0 Å². The normalized spacial score (nSPS) is 15.6. The molecule has 3 heteroatoms. The molecule has 1 heterocycles. The molecule has 0 saturated carbocycles. The van der Waals surface area contributed by atoms with Crippen molar-refractivity contribution in [1.29, 1.82) is 0 Å². The summed E-state index contributed by atoms with van der Waals surface area (Å²) in [6, 6.07) is 5.40. The lowest BCUT2D eigenvalue weighted by atomic mass is 10.2. The van der Waals surface area contributed by atoms with Crippen molar-refractivity contribution in [2.24, 2.45) is 12.7 Å². The van der Waals surface area contributed by atoms with E-state index in [9.17, 15) is 0 Å². The molecule has 3 nitrogen and oxygen atoms in total. The van der Waals surface area contributed by atoms with Crippen LogP contribution < -0.4 is 5.73 Å². The summed E-state index contributed by atoms with van der Waals surface area (Å²) in [7, 11) is 0. The van der Waals surface area contributed by atoms with Gasteiger partial charge in [-0.25, -0.2) is 0 Å². The molecule has 0 atom stereocenters. The van der Waals surface area contributed by atoms with Crippen molar-refractivity contribution in [2.45, 2.75) is 6.54 Å². The van der Waals surface area contributed by atoms with Crippen LogP contribution in [0.4, 0.5) is 0 Å². The van der Waals surface area contributed by atoms with Gasteiger partial charge in [-0.1, -0.05) is 6.07 Å². The second kappa shape index (κ2) is 2.60. The molecule has 62 valence electrons. The highest BCUT2D eigenvalue weighted by atomic mass is 15.2. The van der Waals surface area contributed by atoms with Gasteiger partial charge in [0.15, 0.2) is 0 Å². The molecule has 0 radical (unpaired) electrons. The third kappa shape index (κ3) is 0.987. The second-order valence-corrected chi connectivity index (χ2v) is 2.65. The summed E-state index contributed by atoms with van der Waals surface area (Å²) in [4.78, 5) is 0. The Balaban J connectivity index is 2.62. The molecule has 1 aromatic heterocycles. The molecular formula is C9H11N3. The highest BCUT2D eigenvalue weighted by molar-refractivity contribution is 5.79. The predicted molar refractivity (Wildman–Crippen MR) is 48.6 cm³/mol. The van der Waals surface area contributed by atoms with Crippen LogP contribution in [0.3, 0.4) is 0 Å². The average molecular weight is 164 g/mol. The summed E-state index contributed by atoms with van der Waals surface area (Å²) < 4.78 is 22.9. The first kappa shape index (κ1) is 4.62. The molecule has 0 aliphatic heterocycles. The predicted octanol–water partition coefficient (Wildman–Crippen LogP) is 1.03. The molecule has 0 spiro atoms. The highest BCUT2D eigenvalue weighted by Crippen LogP contribution is 2.14. The maximum atomic E-state index is 7.28. The molecule has 2 rings (SSSR count). The fraction of sp³-hybridized carbons (Fsp3) is 0.222. The van der Waals surface area contributed by atoms with E-state index in [2.05, 4.69) is 5.10 Å². The van der Waals surface area contributed by atoms with Gasteiger partial charge in [0.25, 0.3) is 0 Å². The van der Waals surface area contributed by atoms with Crippen molar-refractivity contribution in [1.82, 2.24) is 9.78 Å². The van der Waals surface area contributed by atoms with Gasteiger partial charge in [-0.15, -0.1) is 0 Å². The van der Waals surface area contributed by atoms with E-state index in [0.29, 0.717) is 12.1 Å². The van der Waals surface area contributed by atoms with Gasteiger partial charge in [0.2, 0.25) is 0 Å². The number of aryl methyl sites for hydroxylation is 1.